The molecule has 2 atom stereocenters. The number of anilines is 1. The first-order chi connectivity index (χ1) is 19.0. The minimum absolute atomic E-state index is 0.0497. The quantitative estimate of drug-likeness (QED) is 0.225. The van der Waals surface area contributed by atoms with Crippen LogP contribution in [0.1, 0.15) is 23.8 Å². The highest BCUT2D eigenvalue weighted by Gasteiger charge is 2.28. The summed E-state index contributed by atoms with van der Waals surface area (Å²) in [6.45, 7) is 5.21. The zero-order valence-corrected chi connectivity index (χ0v) is 23.4. The molecule has 0 saturated carbocycles. The van der Waals surface area contributed by atoms with Crippen molar-refractivity contribution >= 4 is 44.7 Å². The van der Waals surface area contributed by atoms with Crippen molar-refractivity contribution < 1.29 is 9.00 Å². The zero-order valence-electron chi connectivity index (χ0n) is 21.8. The highest BCUT2D eigenvalue weighted by molar-refractivity contribution is 7.83. The van der Waals surface area contributed by atoms with E-state index in [0.717, 1.165) is 57.5 Å². The third-order valence-corrected chi connectivity index (χ3v) is 9.71. The van der Waals surface area contributed by atoms with Crippen LogP contribution in [0.5, 0.6) is 0 Å². The molecular weight excluding hydrogens is 523 g/mol. The second-order valence-electron chi connectivity index (χ2n) is 9.97. The van der Waals surface area contributed by atoms with Gasteiger partial charge in [-0.2, -0.15) is 5.26 Å². The van der Waals surface area contributed by atoms with E-state index in [1.54, 1.807) is 6.92 Å². The Hall–Kier alpha value is -3.99. The fourth-order valence-electron chi connectivity index (χ4n) is 5.45. The van der Waals surface area contributed by atoms with Gasteiger partial charge in [-0.1, -0.05) is 48.0 Å². The van der Waals surface area contributed by atoms with Crippen molar-refractivity contribution in [3.05, 3.63) is 94.7 Å². The Labute approximate surface area is 234 Å². The molecule has 0 spiro atoms. The van der Waals surface area contributed by atoms with E-state index in [9.17, 15) is 14.3 Å². The number of nitriles is 1. The molecule has 2 aromatic heterocycles. The fraction of sp³-hybridized carbons (Fsp3) is 0.188. The lowest BCUT2D eigenvalue weighted by atomic mass is 9.98. The molecule has 5 aromatic rings. The van der Waals surface area contributed by atoms with Crippen LogP contribution in [0.4, 0.5) is 5.69 Å². The second-order valence-corrected chi connectivity index (χ2v) is 12.2. The highest BCUT2D eigenvalue weighted by Crippen LogP contribution is 2.45. The average molecular weight is 550 g/mol. The van der Waals surface area contributed by atoms with Gasteiger partial charge in [0, 0.05) is 46.8 Å². The largest absolute Gasteiger partial charge is 0.371 e. The number of hydrogen-bond acceptors (Lipinski definition) is 5. The highest BCUT2D eigenvalue weighted by atomic mass is 32.2. The number of thiophene rings is 1. The van der Waals surface area contributed by atoms with Crippen molar-refractivity contribution in [3.63, 3.8) is 0 Å². The van der Waals surface area contributed by atoms with Gasteiger partial charge in [0.1, 0.15) is 16.7 Å². The van der Waals surface area contributed by atoms with Crippen molar-refractivity contribution in [3.8, 4) is 28.5 Å². The summed E-state index contributed by atoms with van der Waals surface area (Å²) in [5.74, 6) is 0.278. The number of aryl methyl sites for hydroxylation is 1. The number of carbonyl (C=O) groups is 1. The molecule has 3 heterocycles. The summed E-state index contributed by atoms with van der Waals surface area (Å²) in [7, 11) is -1.53. The van der Waals surface area contributed by atoms with Crippen LogP contribution in [0.2, 0.25) is 0 Å². The van der Waals surface area contributed by atoms with Crippen LogP contribution in [0.3, 0.4) is 0 Å². The van der Waals surface area contributed by atoms with E-state index in [4.69, 9.17) is 0 Å². The van der Waals surface area contributed by atoms with Gasteiger partial charge in [0.15, 0.2) is 11.0 Å². The third-order valence-electron chi connectivity index (χ3n) is 7.50. The molecule has 194 valence electrons. The van der Waals surface area contributed by atoms with Gasteiger partial charge in [0.2, 0.25) is 0 Å². The summed E-state index contributed by atoms with van der Waals surface area (Å²) in [5, 5.41) is 12.8. The summed E-state index contributed by atoms with van der Waals surface area (Å²) in [4.78, 5) is 15.6. The number of rotatable bonds is 6. The fourth-order valence-corrected chi connectivity index (χ4v) is 7.42. The van der Waals surface area contributed by atoms with E-state index >= 15 is 0 Å². The molecule has 0 aliphatic carbocycles. The molecule has 1 saturated heterocycles. The number of ketones is 1. The molecular formula is C32H27N3O2S2. The summed E-state index contributed by atoms with van der Waals surface area (Å²) in [6, 6.07) is 28.4. The molecule has 3 aromatic carbocycles. The molecule has 7 heteroatoms. The van der Waals surface area contributed by atoms with Gasteiger partial charge in [-0.05, 0) is 62.0 Å². The van der Waals surface area contributed by atoms with Crippen molar-refractivity contribution in [1.82, 2.24) is 3.97 Å². The molecule has 6 rings (SSSR count). The van der Waals surface area contributed by atoms with Crippen LogP contribution in [0.25, 0.3) is 33.3 Å². The monoisotopic (exact) mass is 549 g/mol. The number of hydrogen-bond donors (Lipinski definition) is 0. The molecule has 0 amide bonds. The van der Waals surface area contributed by atoms with Crippen molar-refractivity contribution in [2.45, 2.75) is 25.2 Å². The molecule has 1 aliphatic rings. The SMILES string of the molecule is CC(=O)C1CCN(c2cccc(-c3c(-c4ccsc4C#N)c4ccccc4n3S(=O)c3ccc(C)cc3)c2)C1. The van der Waals surface area contributed by atoms with E-state index in [2.05, 4.69) is 23.1 Å². The van der Waals surface area contributed by atoms with E-state index in [0.29, 0.717) is 16.3 Å². The van der Waals surface area contributed by atoms with E-state index < -0.39 is 11.0 Å². The molecule has 1 aliphatic heterocycles. The summed E-state index contributed by atoms with van der Waals surface area (Å²) < 4.78 is 16.2. The van der Waals surface area contributed by atoms with Crippen LogP contribution in [-0.2, 0) is 15.8 Å². The van der Waals surface area contributed by atoms with Crippen LogP contribution >= 0.6 is 11.3 Å². The Kier molecular flexibility index (Phi) is 6.68. The van der Waals surface area contributed by atoms with E-state index in [1.807, 2.05) is 83.0 Å². The minimum Gasteiger partial charge on any atom is -0.371 e. The molecule has 2 unspecified atom stereocenters. The predicted molar refractivity (Wildman–Crippen MR) is 159 cm³/mol. The first-order valence-corrected chi connectivity index (χ1v) is 14.9. The topological polar surface area (TPSA) is 66.1 Å². The van der Waals surface area contributed by atoms with Gasteiger partial charge in [-0.15, -0.1) is 11.3 Å². The average Bonchev–Trinajstić information content (AvgIpc) is 3.70. The lowest BCUT2D eigenvalue weighted by Crippen LogP contribution is -2.21. The Morgan fingerprint density at radius 2 is 1.85 bits per heavy atom. The number of carbonyl (C=O) groups excluding carboxylic acids is 1. The lowest BCUT2D eigenvalue weighted by Gasteiger charge is -2.20. The van der Waals surface area contributed by atoms with E-state index in [-0.39, 0.29) is 11.7 Å². The third kappa shape index (κ3) is 4.50. The Bertz CT molecular complexity index is 1780. The van der Waals surface area contributed by atoms with Gasteiger partial charge < -0.3 is 4.90 Å². The van der Waals surface area contributed by atoms with Gasteiger partial charge in [-0.25, -0.2) is 4.21 Å². The number of para-hydroxylation sites is 1. The van der Waals surface area contributed by atoms with Crippen LogP contribution in [-0.4, -0.2) is 27.1 Å². The first kappa shape index (κ1) is 25.3. The molecule has 0 bridgehead atoms. The Balaban J connectivity index is 1.61. The summed E-state index contributed by atoms with van der Waals surface area (Å²) >= 11 is 1.41. The van der Waals surface area contributed by atoms with Gasteiger partial charge in [0.05, 0.1) is 16.1 Å². The maximum atomic E-state index is 14.3. The Morgan fingerprint density at radius 1 is 1.05 bits per heavy atom. The standard InChI is InChI=1S/C32H27N3O2S2/c1-21-10-12-26(13-11-21)39(37)35-29-9-4-3-8-27(29)31(28-15-17-38-30(28)19-33)32(35)23-6-5-7-25(18-23)34-16-14-24(20-34)22(2)36/h3-13,15,17-18,24H,14,16,20H2,1-2H3. The van der Waals surface area contributed by atoms with Crippen LogP contribution < -0.4 is 4.90 Å². The number of nitrogens with zero attached hydrogens (tertiary/aromatic N) is 3. The number of Topliss-reactive ketones (excluding diaryl/α,β-unsaturated/α-hetero) is 1. The van der Waals surface area contributed by atoms with E-state index in [1.165, 1.54) is 11.3 Å². The molecule has 5 nitrogen and oxygen atoms in total. The van der Waals surface area contributed by atoms with Gasteiger partial charge in [0.25, 0.3) is 0 Å². The number of benzene rings is 3. The summed E-state index contributed by atoms with van der Waals surface area (Å²) in [6.07, 6.45) is 0.850. The maximum absolute atomic E-state index is 14.3. The van der Waals surface area contributed by atoms with Crippen molar-refractivity contribution in [2.75, 3.05) is 18.0 Å². The summed E-state index contributed by atoms with van der Waals surface area (Å²) in [5.41, 5.74) is 6.47. The van der Waals surface area contributed by atoms with Crippen molar-refractivity contribution in [2.24, 2.45) is 5.92 Å². The second kappa shape index (κ2) is 10.3. The smallest absolute Gasteiger partial charge is 0.157 e. The van der Waals surface area contributed by atoms with Crippen LogP contribution in [0, 0.1) is 24.2 Å². The predicted octanol–water partition coefficient (Wildman–Crippen LogP) is 7.20. The first-order valence-electron chi connectivity index (χ1n) is 12.9. The zero-order chi connectivity index (χ0) is 27.1. The Morgan fingerprint density at radius 3 is 2.59 bits per heavy atom. The molecule has 39 heavy (non-hydrogen) atoms. The van der Waals surface area contributed by atoms with Crippen LogP contribution in [0.15, 0.2) is 89.1 Å². The maximum Gasteiger partial charge on any atom is 0.157 e. The normalized spacial score (nSPS) is 15.9. The van der Waals surface area contributed by atoms with Gasteiger partial charge in [-0.3, -0.25) is 8.77 Å². The molecule has 1 fully saturated rings. The van der Waals surface area contributed by atoms with Crippen molar-refractivity contribution in [1.29, 1.82) is 5.26 Å². The van der Waals surface area contributed by atoms with Gasteiger partial charge >= 0.3 is 0 Å². The minimum atomic E-state index is -1.53. The number of fused-ring (bicyclic) bond motifs is 1. The lowest BCUT2D eigenvalue weighted by molar-refractivity contribution is -0.120. The molecule has 0 N–H and O–H groups in total. The molecule has 0 radical (unpaired) electrons. The number of aromatic nitrogens is 1.